The maximum Gasteiger partial charge on any atom is 0.274 e. The minimum atomic E-state index is -3.20. The van der Waals surface area contributed by atoms with E-state index in [-0.39, 0.29) is 21.9 Å². The zero-order valence-electron chi connectivity index (χ0n) is 13.3. The number of ether oxygens (including phenoxy) is 1. The van der Waals surface area contributed by atoms with Gasteiger partial charge in [-0.1, -0.05) is 11.8 Å². The molecule has 0 radical (unpaired) electrons. The Labute approximate surface area is 153 Å². The molecular weight excluding hydrogens is 387 g/mol. The average molecular weight is 401 g/mol. The van der Waals surface area contributed by atoms with Crippen LogP contribution in [0.15, 0.2) is 29.3 Å². The largest absolute Gasteiger partial charge is 0.548 e. The van der Waals surface area contributed by atoms with Crippen LogP contribution in [-0.4, -0.2) is 61.5 Å². The Hall–Kier alpha value is -1.98. The quantitative estimate of drug-likeness (QED) is 0.629. The van der Waals surface area contributed by atoms with E-state index in [1.165, 1.54) is 24.3 Å². The van der Waals surface area contributed by atoms with Crippen LogP contribution in [0, 0.1) is 5.82 Å². The third-order valence-corrected chi connectivity index (χ3v) is 7.05. The highest BCUT2D eigenvalue weighted by atomic mass is 32.2. The molecule has 2 aliphatic heterocycles. The second-order valence-corrected chi connectivity index (χ2v) is 9.16. The van der Waals surface area contributed by atoms with E-state index in [1.807, 2.05) is 0 Å². The molecule has 1 amide bonds. The van der Waals surface area contributed by atoms with Crippen molar-refractivity contribution in [3.8, 4) is 0 Å². The number of hydrogen-bond acceptors (Lipinski definition) is 7. The summed E-state index contributed by atoms with van der Waals surface area (Å²) in [5, 5.41) is 10.3. The molecule has 1 aromatic carbocycles. The minimum Gasteiger partial charge on any atom is -0.548 e. The fraction of sp³-hybridized carbons (Fsp3) is 0.400. The highest BCUT2D eigenvalue weighted by Gasteiger charge is 2.49. The fourth-order valence-corrected chi connectivity index (χ4v) is 6.76. The lowest BCUT2D eigenvalue weighted by Crippen LogP contribution is -2.37. The lowest BCUT2D eigenvalue weighted by atomic mass is 10.2. The van der Waals surface area contributed by atoms with E-state index in [9.17, 15) is 27.5 Å². The molecule has 0 N–H and O–H groups in total. The van der Waals surface area contributed by atoms with Gasteiger partial charge >= 0.3 is 0 Å². The molecule has 2 fully saturated rings. The number of fused-ring (bicyclic) bond motifs is 1. The number of rotatable bonds is 5. The Morgan fingerprint density at radius 2 is 1.96 bits per heavy atom. The molecular formula is C15H14FN2O6S2-. The standard InChI is InChI=1S/C15H15FN2O6S2/c16-9-1-3-10(4-2-9)18-11-7-26(22,23)8-12(11)25-15(18)17-13(19)5-24-6-14(20)21/h1-4,11-12H,5-8H2,(H,20,21)/p-1/t11-,12-/m0/s1. The predicted molar refractivity (Wildman–Crippen MR) is 91.0 cm³/mol. The molecule has 0 unspecified atom stereocenters. The van der Waals surface area contributed by atoms with Crippen molar-refractivity contribution in [2.45, 2.75) is 11.3 Å². The summed E-state index contributed by atoms with van der Waals surface area (Å²) in [6.45, 7) is -1.27. The van der Waals surface area contributed by atoms with Gasteiger partial charge < -0.3 is 19.5 Å². The van der Waals surface area contributed by atoms with Gasteiger partial charge in [0.05, 0.1) is 30.1 Å². The first-order chi connectivity index (χ1) is 12.2. The third-order valence-electron chi connectivity index (χ3n) is 3.84. The number of anilines is 1. The topological polar surface area (TPSA) is 116 Å². The summed E-state index contributed by atoms with van der Waals surface area (Å²) in [5.74, 6) is -2.72. The lowest BCUT2D eigenvalue weighted by molar-refractivity contribution is -0.309. The normalized spacial score (nSPS) is 25.4. The van der Waals surface area contributed by atoms with E-state index in [4.69, 9.17) is 0 Å². The van der Waals surface area contributed by atoms with Gasteiger partial charge in [-0.3, -0.25) is 4.79 Å². The van der Waals surface area contributed by atoms with Crippen molar-refractivity contribution in [2.75, 3.05) is 29.6 Å². The second-order valence-electron chi connectivity index (χ2n) is 5.80. The molecule has 2 heterocycles. The molecule has 0 aliphatic carbocycles. The van der Waals surface area contributed by atoms with E-state index in [0.29, 0.717) is 5.69 Å². The van der Waals surface area contributed by atoms with Crippen LogP contribution in [0.5, 0.6) is 0 Å². The molecule has 1 aromatic rings. The summed E-state index contributed by atoms with van der Waals surface area (Å²) >= 11 is 1.16. The van der Waals surface area contributed by atoms with Crippen molar-refractivity contribution < 1.29 is 32.2 Å². The highest BCUT2D eigenvalue weighted by Crippen LogP contribution is 2.40. The van der Waals surface area contributed by atoms with Crippen molar-refractivity contribution in [3.05, 3.63) is 30.1 Å². The van der Waals surface area contributed by atoms with Crippen LogP contribution in [-0.2, 0) is 24.2 Å². The minimum absolute atomic E-state index is 0.0333. The third kappa shape index (κ3) is 4.22. The molecule has 0 bridgehead atoms. The molecule has 140 valence electrons. The molecule has 0 aromatic heterocycles. The van der Waals surface area contributed by atoms with Gasteiger partial charge in [0.15, 0.2) is 15.0 Å². The molecule has 26 heavy (non-hydrogen) atoms. The van der Waals surface area contributed by atoms with Crippen LogP contribution in [0.3, 0.4) is 0 Å². The van der Waals surface area contributed by atoms with Gasteiger partial charge in [0.1, 0.15) is 12.4 Å². The van der Waals surface area contributed by atoms with Gasteiger partial charge in [-0.05, 0) is 24.3 Å². The number of carboxylic acids is 1. The maximum absolute atomic E-state index is 13.2. The summed E-state index contributed by atoms with van der Waals surface area (Å²) in [5.41, 5.74) is 0.519. The van der Waals surface area contributed by atoms with Gasteiger partial charge in [-0.15, -0.1) is 0 Å². The number of nitrogens with zero attached hydrogens (tertiary/aromatic N) is 2. The van der Waals surface area contributed by atoms with Gasteiger partial charge in [0.25, 0.3) is 5.91 Å². The van der Waals surface area contributed by atoms with E-state index < -0.39 is 46.8 Å². The number of thioether (sulfide) groups is 1. The van der Waals surface area contributed by atoms with Crippen LogP contribution in [0.2, 0.25) is 0 Å². The number of carbonyl (C=O) groups is 2. The number of carboxylic acid groups (broad SMARTS) is 1. The van der Waals surface area contributed by atoms with Gasteiger partial charge in [-0.2, -0.15) is 4.99 Å². The maximum atomic E-state index is 13.2. The smallest absolute Gasteiger partial charge is 0.274 e. The first-order valence-electron chi connectivity index (χ1n) is 7.56. The summed E-state index contributed by atoms with van der Waals surface area (Å²) in [6, 6.07) is 5.02. The van der Waals surface area contributed by atoms with E-state index in [2.05, 4.69) is 9.73 Å². The molecule has 8 nitrogen and oxygen atoms in total. The number of halogens is 1. The van der Waals surface area contributed by atoms with Gasteiger partial charge in [0.2, 0.25) is 0 Å². The monoisotopic (exact) mass is 401 g/mol. The molecule has 2 aliphatic rings. The van der Waals surface area contributed by atoms with Crippen molar-refractivity contribution in [1.29, 1.82) is 0 Å². The molecule has 2 atom stereocenters. The molecule has 3 rings (SSSR count). The van der Waals surface area contributed by atoms with Gasteiger partial charge in [0, 0.05) is 10.9 Å². The van der Waals surface area contributed by atoms with E-state index in [1.54, 1.807) is 4.90 Å². The number of amides is 1. The number of hydrogen-bond donors (Lipinski definition) is 0. The fourth-order valence-electron chi connectivity index (χ4n) is 2.83. The zero-order valence-corrected chi connectivity index (χ0v) is 15.0. The Bertz CT molecular complexity index is 855. The summed E-state index contributed by atoms with van der Waals surface area (Å²) in [4.78, 5) is 27.7. The van der Waals surface area contributed by atoms with Crippen molar-refractivity contribution in [2.24, 2.45) is 4.99 Å². The number of aliphatic carboxylic acids is 1. The predicted octanol–water partition coefficient (Wildman–Crippen LogP) is -0.806. The molecule has 2 saturated heterocycles. The first-order valence-corrected chi connectivity index (χ1v) is 10.3. The molecule has 0 spiro atoms. The highest BCUT2D eigenvalue weighted by molar-refractivity contribution is 8.16. The molecule has 0 saturated carbocycles. The Morgan fingerprint density at radius 1 is 1.27 bits per heavy atom. The SMILES string of the molecule is O=C([O-])COCC(=O)N=C1S[C@H]2CS(=O)(=O)C[C@@H]2N1c1ccc(F)cc1. The summed E-state index contributed by atoms with van der Waals surface area (Å²) in [7, 11) is -3.20. The molecule has 11 heteroatoms. The number of sulfone groups is 1. The number of carbonyl (C=O) groups excluding carboxylic acids is 2. The second kappa shape index (κ2) is 7.33. The average Bonchev–Trinajstić information content (AvgIpc) is 2.99. The van der Waals surface area contributed by atoms with E-state index >= 15 is 0 Å². The Balaban J connectivity index is 1.84. The lowest BCUT2D eigenvalue weighted by Gasteiger charge is -2.24. The summed E-state index contributed by atoms with van der Waals surface area (Å²) < 4.78 is 41.7. The van der Waals surface area contributed by atoms with Gasteiger partial charge in [-0.25, -0.2) is 12.8 Å². The van der Waals surface area contributed by atoms with Crippen LogP contribution >= 0.6 is 11.8 Å². The Kier molecular flexibility index (Phi) is 5.30. The van der Waals surface area contributed by atoms with Crippen LogP contribution in [0.4, 0.5) is 10.1 Å². The Morgan fingerprint density at radius 3 is 2.62 bits per heavy atom. The van der Waals surface area contributed by atoms with Crippen molar-refractivity contribution in [3.63, 3.8) is 0 Å². The first kappa shape index (κ1) is 18.8. The number of benzene rings is 1. The summed E-state index contributed by atoms with van der Waals surface area (Å²) in [6.07, 6.45) is 0. The number of aliphatic imine (C=N–C) groups is 1. The number of amidine groups is 1. The zero-order chi connectivity index (χ0) is 18.9. The van der Waals surface area contributed by atoms with Crippen LogP contribution < -0.4 is 10.0 Å². The van der Waals surface area contributed by atoms with Crippen molar-refractivity contribution in [1.82, 2.24) is 0 Å². The van der Waals surface area contributed by atoms with Crippen molar-refractivity contribution >= 4 is 44.3 Å². The van der Waals surface area contributed by atoms with Crippen LogP contribution in [0.25, 0.3) is 0 Å². The van der Waals surface area contributed by atoms with Crippen LogP contribution in [0.1, 0.15) is 0 Å². The van der Waals surface area contributed by atoms with E-state index in [0.717, 1.165) is 11.8 Å².